The fourth-order valence-corrected chi connectivity index (χ4v) is 1.01. The van der Waals surface area contributed by atoms with Crippen LogP contribution in [0.3, 0.4) is 0 Å². The third-order valence-corrected chi connectivity index (χ3v) is 1.62. The first kappa shape index (κ1) is 10.3. The number of alkyl halides is 1. The molecule has 1 aromatic rings. The number of nitrogens with zero attached hydrogens (tertiary/aromatic N) is 2. The molecule has 0 fully saturated rings. The zero-order valence-electron chi connectivity index (χ0n) is 7.61. The molecule has 0 spiro atoms. The van der Waals surface area contributed by atoms with E-state index in [1.54, 1.807) is 13.0 Å². The molecule has 0 aliphatic rings. The number of nitriles is 1. The van der Waals surface area contributed by atoms with Crippen LogP contribution in [0.25, 0.3) is 0 Å². The highest BCUT2D eigenvalue weighted by molar-refractivity contribution is 5.72. The molecule has 1 atom stereocenters. The summed E-state index contributed by atoms with van der Waals surface area (Å²) in [7, 11) is 0. The summed E-state index contributed by atoms with van der Waals surface area (Å²) >= 11 is 0. The second-order valence-electron chi connectivity index (χ2n) is 2.50. The smallest absolute Gasteiger partial charge is 0.362 e. The fourth-order valence-electron chi connectivity index (χ4n) is 1.01. The van der Waals surface area contributed by atoms with Gasteiger partial charge in [0.05, 0.1) is 6.61 Å². The number of ether oxygens (including phenoxy) is 1. The van der Waals surface area contributed by atoms with Gasteiger partial charge in [-0.15, -0.1) is 0 Å². The number of halogens is 1. The molecule has 0 radical (unpaired) electrons. The zero-order chi connectivity index (χ0) is 10.6. The maximum Gasteiger partial charge on any atom is 0.362 e. The Bertz CT molecular complexity index is 367. The lowest BCUT2D eigenvalue weighted by Crippen LogP contribution is -2.18. The minimum Gasteiger partial charge on any atom is -0.462 e. The number of aromatic nitrogens is 1. The summed E-state index contributed by atoms with van der Waals surface area (Å²) in [5.74, 6) is -0.986. The third kappa shape index (κ3) is 1.91. The average molecular weight is 196 g/mol. The van der Waals surface area contributed by atoms with Gasteiger partial charge >= 0.3 is 5.97 Å². The normalized spacial score (nSPS) is 11.8. The van der Waals surface area contributed by atoms with Crippen molar-refractivity contribution in [3.63, 3.8) is 0 Å². The quantitative estimate of drug-likeness (QED) is 0.686. The minimum atomic E-state index is -1.94. The van der Waals surface area contributed by atoms with Gasteiger partial charge < -0.3 is 4.74 Å². The van der Waals surface area contributed by atoms with Crippen molar-refractivity contribution in [2.45, 2.75) is 13.2 Å². The second-order valence-corrected chi connectivity index (χ2v) is 2.50. The van der Waals surface area contributed by atoms with Crippen molar-refractivity contribution in [2.75, 3.05) is 6.61 Å². The van der Waals surface area contributed by atoms with Gasteiger partial charge in [-0.3, -0.25) is 4.57 Å². The molecule has 1 rings (SSSR count). The van der Waals surface area contributed by atoms with E-state index in [0.29, 0.717) is 0 Å². The van der Waals surface area contributed by atoms with Crippen molar-refractivity contribution in [3.05, 3.63) is 24.0 Å². The number of hydrogen-bond donors (Lipinski definition) is 0. The van der Waals surface area contributed by atoms with Gasteiger partial charge in [0.1, 0.15) is 11.8 Å². The molecule has 0 saturated carbocycles. The van der Waals surface area contributed by atoms with E-state index in [4.69, 9.17) is 5.26 Å². The summed E-state index contributed by atoms with van der Waals surface area (Å²) < 4.78 is 18.7. The molecule has 0 saturated heterocycles. The number of esters is 1. The van der Waals surface area contributed by atoms with Crippen LogP contribution in [-0.2, 0) is 9.53 Å². The molecule has 0 amide bonds. The maximum atomic E-state index is 13.3. The van der Waals surface area contributed by atoms with Crippen LogP contribution in [0, 0.1) is 11.3 Å². The van der Waals surface area contributed by atoms with E-state index in [1.165, 1.54) is 18.3 Å². The summed E-state index contributed by atoms with van der Waals surface area (Å²) in [6.07, 6.45) is -0.625. The van der Waals surface area contributed by atoms with E-state index < -0.39 is 12.3 Å². The summed E-state index contributed by atoms with van der Waals surface area (Å²) in [6, 6.07) is 4.68. The molecule has 14 heavy (non-hydrogen) atoms. The fraction of sp³-hybridized carbons (Fsp3) is 0.333. The summed E-state index contributed by atoms with van der Waals surface area (Å²) in [4.78, 5) is 11.0. The Morgan fingerprint density at radius 2 is 2.57 bits per heavy atom. The van der Waals surface area contributed by atoms with E-state index in [9.17, 15) is 9.18 Å². The van der Waals surface area contributed by atoms with E-state index in [2.05, 4.69) is 4.74 Å². The molecule has 5 heteroatoms. The number of carbonyl (C=O) groups excluding carboxylic acids is 1. The van der Waals surface area contributed by atoms with E-state index in [-0.39, 0.29) is 12.3 Å². The van der Waals surface area contributed by atoms with Crippen molar-refractivity contribution in [1.82, 2.24) is 4.57 Å². The standard InChI is InChI=1S/C9H9FN2O2/c1-2-14-9(13)8(10)12-5-3-4-7(12)6-11/h3-5,8H,2H2,1H3. The van der Waals surface area contributed by atoms with E-state index in [0.717, 1.165) is 4.57 Å². The van der Waals surface area contributed by atoms with Gasteiger partial charge in [-0.2, -0.15) is 5.26 Å². The Labute approximate surface area is 80.5 Å². The minimum absolute atomic E-state index is 0.0885. The third-order valence-electron chi connectivity index (χ3n) is 1.62. The van der Waals surface area contributed by atoms with Gasteiger partial charge in [-0.1, -0.05) is 0 Å². The Balaban J connectivity index is 2.84. The molecular weight excluding hydrogens is 187 g/mol. The molecule has 74 valence electrons. The highest BCUT2D eigenvalue weighted by Gasteiger charge is 2.21. The van der Waals surface area contributed by atoms with Gasteiger partial charge in [0.15, 0.2) is 0 Å². The molecular formula is C9H9FN2O2. The topological polar surface area (TPSA) is 55.0 Å². The van der Waals surface area contributed by atoms with Crippen LogP contribution in [0.4, 0.5) is 4.39 Å². The average Bonchev–Trinajstić information content (AvgIpc) is 2.64. The van der Waals surface area contributed by atoms with Crippen LogP contribution in [-0.4, -0.2) is 17.1 Å². The molecule has 0 N–H and O–H groups in total. The van der Waals surface area contributed by atoms with Crippen molar-refractivity contribution in [3.8, 4) is 6.07 Å². The molecule has 4 nitrogen and oxygen atoms in total. The van der Waals surface area contributed by atoms with Gasteiger partial charge in [0.2, 0.25) is 0 Å². The van der Waals surface area contributed by atoms with Crippen molar-refractivity contribution >= 4 is 5.97 Å². The van der Waals surface area contributed by atoms with Crippen LogP contribution in [0.15, 0.2) is 18.3 Å². The Morgan fingerprint density at radius 3 is 3.14 bits per heavy atom. The van der Waals surface area contributed by atoms with Crippen LogP contribution >= 0.6 is 0 Å². The maximum absolute atomic E-state index is 13.3. The van der Waals surface area contributed by atoms with Gasteiger partial charge in [0, 0.05) is 6.20 Å². The summed E-state index contributed by atoms with van der Waals surface area (Å²) in [5, 5.41) is 8.58. The SMILES string of the molecule is CCOC(=O)C(F)n1cccc1C#N. The predicted molar refractivity (Wildman–Crippen MR) is 45.9 cm³/mol. The highest BCUT2D eigenvalue weighted by Crippen LogP contribution is 2.14. The first-order valence-corrected chi connectivity index (χ1v) is 4.08. The summed E-state index contributed by atoms with van der Waals surface area (Å²) in [5.41, 5.74) is 0.0885. The predicted octanol–water partition coefficient (Wildman–Crippen LogP) is 1.39. The van der Waals surface area contributed by atoms with Crippen LogP contribution < -0.4 is 0 Å². The molecule has 0 aromatic carbocycles. The van der Waals surface area contributed by atoms with Crippen molar-refractivity contribution in [2.24, 2.45) is 0 Å². The lowest BCUT2D eigenvalue weighted by atomic mass is 10.4. The monoisotopic (exact) mass is 196 g/mol. The second kappa shape index (κ2) is 4.42. The van der Waals surface area contributed by atoms with Crippen molar-refractivity contribution in [1.29, 1.82) is 5.26 Å². The van der Waals surface area contributed by atoms with E-state index >= 15 is 0 Å². The van der Waals surface area contributed by atoms with Crippen LogP contribution in [0.5, 0.6) is 0 Å². The zero-order valence-corrected chi connectivity index (χ0v) is 7.61. The molecule has 1 heterocycles. The largest absolute Gasteiger partial charge is 0.462 e. The van der Waals surface area contributed by atoms with Gasteiger partial charge in [-0.05, 0) is 19.1 Å². The molecule has 1 aromatic heterocycles. The van der Waals surface area contributed by atoms with E-state index in [1.807, 2.05) is 0 Å². The molecule has 0 bridgehead atoms. The Morgan fingerprint density at radius 1 is 1.86 bits per heavy atom. The molecule has 1 unspecified atom stereocenters. The van der Waals surface area contributed by atoms with Crippen LogP contribution in [0.2, 0.25) is 0 Å². The highest BCUT2D eigenvalue weighted by atomic mass is 19.1. The first-order chi connectivity index (χ1) is 6.70. The Kier molecular flexibility index (Phi) is 3.24. The lowest BCUT2D eigenvalue weighted by Gasteiger charge is -2.09. The molecule has 0 aliphatic carbocycles. The lowest BCUT2D eigenvalue weighted by molar-refractivity contribution is -0.152. The number of hydrogen-bond acceptors (Lipinski definition) is 3. The summed E-state index contributed by atoms with van der Waals surface area (Å²) in [6.45, 7) is 1.70. The Hall–Kier alpha value is -1.83. The van der Waals surface area contributed by atoms with Gasteiger partial charge in [-0.25, -0.2) is 9.18 Å². The number of carbonyl (C=O) groups is 1. The van der Waals surface area contributed by atoms with Crippen LogP contribution in [0.1, 0.15) is 18.9 Å². The van der Waals surface area contributed by atoms with Crippen molar-refractivity contribution < 1.29 is 13.9 Å². The molecule has 0 aliphatic heterocycles. The first-order valence-electron chi connectivity index (χ1n) is 4.08. The number of rotatable bonds is 3. The van der Waals surface area contributed by atoms with Gasteiger partial charge in [0.25, 0.3) is 6.30 Å².